The molecule has 27 heavy (non-hydrogen) atoms. The summed E-state index contributed by atoms with van der Waals surface area (Å²) in [5.74, 6) is 1.23. The largest absolute Gasteiger partial charge is 0.357 e. The van der Waals surface area contributed by atoms with Crippen molar-refractivity contribution in [2.75, 3.05) is 24.5 Å². The van der Waals surface area contributed by atoms with Crippen LogP contribution in [0.4, 0.5) is 5.82 Å². The Morgan fingerprint density at radius 2 is 1.67 bits per heavy atom. The molecular formula is C23H29N3O. The van der Waals surface area contributed by atoms with Gasteiger partial charge in [0.05, 0.1) is 6.04 Å². The number of hydrogen-bond acceptors (Lipinski definition) is 3. The standard InChI is InChI=1S/C23H29N3O/c1-18-20(13-14-22(24-18)25-15-7-3-8-16-25)21-12-6-9-17-26(21)23(27)19-10-4-2-5-11-19/h2,4-5,10-11,13-14,21H,3,6-9,12,15-17H2,1H3/t21-/m0/s1. The van der Waals surface area contributed by atoms with Crippen molar-refractivity contribution in [3.8, 4) is 0 Å². The van der Waals surface area contributed by atoms with Crippen molar-refractivity contribution < 1.29 is 4.79 Å². The zero-order valence-electron chi connectivity index (χ0n) is 16.2. The predicted octanol–water partition coefficient (Wildman–Crippen LogP) is 4.75. The lowest BCUT2D eigenvalue weighted by Crippen LogP contribution is -2.39. The van der Waals surface area contributed by atoms with Gasteiger partial charge in [-0.15, -0.1) is 0 Å². The number of pyridine rings is 1. The van der Waals surface area contributed by atoms with Crippen molar-refractivity contribution in [2.24, 2.45) is 0 Å². The van der Waals surface area contributed by atoms with Crippen LogP contribution in [0, 0.1) is 6.92 Å². The summed E-state index contributed by atoms with van der Waals surface area (Å²) >= 11 is 0. The second kappa shape index (κ2) is 8.12. The number of anilines is 1. The molecule has 2 aromatic rings. The summed E-state index contributed by atoms with van der Waals surface area (Å²) in [4.78, 5) is 22.5. The quantitative estimate of drug-likeness (QED) is 0.790. The summed E-state index contributed by atoms with van der Waals surface area (Å²) in [5, 5.41) is 0. The highest BCUT2D eigenvalue weighted by atomic mass is 16.2. The molecule has 3 heterocycles. The molecular weight excluding hydrogens is 334 g/mol. The second-order valence-corrected chi connectivity index (χ2v) is 7.77. The Morgan fingerprint density at radius 1 is 0.926 bits per heavy atom. The van der Waals surface area contributed by atoms with Crippen molar-refractivity contribution in [1.82, 2.24) is 9.88 Å². The van der Waals surface area contributed by atoms with E-state index in [4.69, 9.17) is 4.98 Å². The molecule has 0 unspecified atom stereocenters. The molecule has 4 rings (SSSR count). The van der Waals surface area contributed by atoms with Gasteiger partial charge in [-0.1, -0.05) is 24.3 Å². The number of likely N-dealkylation sites (tertiary alicyclic amines) is 1. The smallest absolute Gasteiger partial charge is 0.254 e. The topological polar surface area (TPSA) is 36.4 Å². The van der Waals surface area contributed by atoms with Gasteiger partial charge in [0, 0.05) is 30.9 Å². The normalized spacial score (nSPS) is 20.6. The summed E-state index contributed by atoms with van der Waals surface area (Å²) in [6.45, 7) is 5.13. The van der Waals surface area contributed by atoms with Crippen LogP contribution in [-0.2, 0) is 0 Å². The zero-order chi connectivity index (χ0) is 18.6. The number of hydrogen-bond donors (Lipinski definition) is 0. The van der Waals surface area contributed by atoms with Crippen LogP contribution in [0.2, 0.25) is 0 Å². The number of carbonyl (C=O) groups is 1. The molecule has 4 heteroatoms. The SMILES string of the molecule is Cc1nc(N2CCCCC2)ccc1[C@@H]1CCCCN1C(=O)c1ccccc1. The van der Waals surface area contributed by atoms with E-state index in [1.807, 2.05) is 30.3 Å². The van der Waals surface area contributed by atoms with E-state index in [1.165, 1.54) is 24.8 Å². The lowest BCUT2D eigenvalue weighted by molar-refractivity contribution is 0.0610. The van der Waals surface area contributed by atoms with E-state index in [0.29, 0.717) is 0 Å². The number of aromatic nitrogens is 1. The van der Waals surface area contributed by atoms with Gasteiger partial charge in [0.25, 0.3) is 5.91 Å². The molecule has 0 aliphatic carbocycles. The Balaban J connectivity index is 1.59. The first-order chi connectivity index (χ1) is 13.2. The first-order valence-corrected chi connectivity index (χ1v) is 10.3. The van der Waals surface area contributed by atoms with Crippen molar-refractivity contribution in [3.05, 3.63) is 59.3 Å². The Kier molecular flexibility index (Phi) is 5.42. The molecule has 142 valence electrons. The van der Waals surface area contributed by atoms with Gasteiger partial charge in [0.1, 0.15) is 5.82 Å². The predicted molar refractivity (Wildman–Crippen MR) is 109 cm³/mol. The summed E-state index contributed by atoms with van der Waals surface area (Å²) in [6, 6.07) is 14.2. The number of rotatable bonds is 3. The number of piperidine rings is 2. The molecule has 0 spiro atoms. The third kappa shape index (κ3) is 3.85. The Labute approximate surface area is 162 Å². The minimum absolute atomic E-state index is 0.134. The minimum Gasteiger partial charge on any atom is -0.357 e. The van der Waals surface area contributed by atoms with Crippen molar-refractivity contribution in [1.29, 1.82) is 0 Å². The maximum atomic E-state index is 13.1. The molecule has 2 aliphatic heterocycles. The number of amides is 1. The van der Waals surface area contributed by atoms with E-state index in [9.17, 15) is 4.79 Å². The van der Waals surface area contributed by atoms with Gasteiger partial charge in [-0.05, 0) is 69.2 Å². The van der Waals surface area contributed by atoms with E-state index in [1.54, 1.807) is 0 Å². The number of carbonyl (C=O) groups excluding carboxylic acids is 1. The molecule has 0 saturated carbocycles. The van der Waals surface area contributed by atoms with Crippen LogP contribution in [0.3, 0.4) is 0 Å². The zero-order valence-corrected chi connectivity index (χ0v) is 16.2. The summed E-state index contributed by atoms with van der Waals surface area (Å²) in [6.07, 6.45) is 7.09. The van der Waals surface area contributed by atoms with Gasteiger partial charge < -0.3 is 9.80 Å². The van der Waals surface area contributed by atoms with Gasteiger partial charge in [0.15, 0.2) is 0 Å². The van der Waals surface area contributed by atoms with E-state index in [0.717, 1.165) is 56.0 Å². The number of nitrogens with zero attached hydrogens (tertiary/aromatic N) is 3. The van der Waals surface area contributed by atoms with E-state index in [-0.39, 0.29) is 11.9 Å². The Bertz CT molecular complexity index is 783. The minimum atomic E-state index is 0.134. The fraction of sp³-hybridized carbons (Fsp3) is 0.478. The van der Waals surface area contributed by atoms with Crippen LogP contribution in [0.5, 0.6) is 0 Å². The fourth-order valence-corrected chi connectivity index (χ4v) is 4.45. The molecule has 4 nitrogen and oxygen atoms in total. The molecule has 0 radical (unpaired) electrons. The van der Waals surface area contributed by atoms with Crippen LogP contribution in [0.1, 0.15) is 66.2 Å². The van der Waals surface area contributed by atoms with Crippen LogP contribution >= 0.6 is 0 Å². The Hall–Kier alpha value is -2.36. The summed E-state index contributed by atoms with van der Waals surface area (Å²) in [5.41, 5.74) is 3.05. The van der Waals surface area contributed by atoms with Crippen LogP contribution in [-0.4, -0.2) is 35.4 Å². The molecule has 2 fully saturated rings. The van der Waals surface area contributed by atoms with Crippen LogP contribution < -0.4 is 4.90 Å². The second-order valence-electron chi connectivity index (χ2n) is 7.77. The highest BCUT2D eigenvalue weighted by molar-refractivity contribution is 5.94. The van der Waals surface area contributed by atoms with Gasteiger partial charge >= 0.3 is 0 Å². The van der Waals surface area contributed by atoms with E-state index < -0.39 is 0 Å². The van der Waals surface area contributed by atoms with Gasteiger partial charge in [-0.25, -0.2) is 4.98 Å². The molecule has 0 bridgehead atoms. The van der Waals surface area contributed by atoms with Crippen molar-refractivity contribution in [3.63, 3.8) is 0 Å². The van der Waals surface area contributed by atoms with Crippen LogP contribution in [0.15, 0.2) is 42.5 Å². The number of aryl methyl sites for hydroxylation is 1. The molecule has 2 saturated heterocycles. The van der Waals surface area contributed by atoms with Gasteiger partial charge in [-0.3, -0.25) is 4.79 Å². The fourth-order valence-electron chi connectivity index (χ4n) is 4.45. The average molecular weight is 364 g/mol. The Morgan fingerprint density at radius 3 is 2.41 bits per heavy atom. The van der Waals surface area contributed by atoms with Crippen molar-refractivity contribution >= 4 is 11.7 Å². The third-order valence-corrected chi connectivity index (χ3v) is 5.94. The molecule has 2 aliphatic rings. The van der Waals surface area contributed by atoms with Gasteiger partial charge in [-0.2, -0.15) is 0 Å². The van der Waals surface area contributed by atoms with Gasteiger partial charge in [0.2, 0.25) is 0 Å². The lowest BCUT2D eigenvalue weighted by Gasteiger charge is -2.37. The third-order valence-electron chi connectivity index (χ3n) is 5.94. The summed E-state index contributed by atoms with van der Waals surface area (Å²) in [7, 11) is 0. The molecule has 0 N–H and O–H groups in total. The number of benzene rings is 1. The molecule has 1 aromatic heterocycles. The summed E-state index contributed by atoms with van der Waals surface area (Å²) < 4.78 is 0. The average Bonchev–Trinajstić information content (AvgIpc) is 2.74. The molecule has 1 aromatic carbocycles. The first-order valence-electron chi connectivity index (χ1n) is 10.3. The maximum Gasteiger partial charge on any atom is 0.254 e. The lowest BCUT2D eigenvalue weighted by atomic mass is 9.93. The van der Waals surface area contributed by atoms with Crippen LogP contribution in [0.25, 0.3) is 0 Å². The molecule has 1 amide bonds. The maximum absolute atomic E-state index is 13.1. The van der Waals surface area contributed by atoms with Crippen molar-refractivity contribution in [2.45, 2.75) is 51.5 Å². The monoisotopic (exact) mass is 363 g/mol. The molecule has 1 atom stereocenters. The highest BCUT2D eigenvalue weighted by Crippen LogP contribution is 2.34. The first kappa shape index (κ1) is 18.0. The van der Waals surface area contributed by atoms with E-state index in [2.05, 4.69) is 28.9 Å². The highest BCUT2D eigenvalue weighted by Gasteiger charge is 2.30. The van der Waals surface area contributed by atoms with E-state index >= 15 is 0 Å².